The number of nitrogens with zero attached hydrogens (tertiary/aromatic N) is 1. The lowest BCUT2D eigenvalue weighted by molar-refractivity contribution is -0.384. The van der Waals surface area contributed by atoms with Gasteiger partial charge < -0.3 is 5.32 Å². The van der Waals surface area contributed by atoms with E-state index in [2.05, 4.69) is 5.32 Å². The average molecular weight is 311 g/mol. The van der Waals surface area contributed by atoms with Crippen molar-refractivity contribution >= 4 is 34.6 Å². The molecule has 0 aromatic heterocycles. The Morgan fingerprint density at radius 2 is 1.95 bits per heavy atom. The van der Waals surface area contributed by atoms with Gasteiger partial charge in [0.05, 0.1) is 15.6 Å². The molecule has 0 aliphatic carbocycles. The lowest BCUT2D eigenvalue weighted by atomic mass is 10.1. The Morgan fingerprint density at radius 1 is 1.20 bits per heavy atom. The summed E-state index contributed by atoms with van der Waals surface area (Å²) in [7, 11) is 0. The van der Waals surface area contributed by atoms with Crippen LogP contribution in [-0.4, -0.2) is 4.92 Å². The summed E-state index contributed by atoms with van der Waals surface area (Å²) >= 11 is 12.2. The highest BCUT2D eigenvalue weighted by Crippen LogP contribution is 2.28. The van der Waals surface area contributed by atoms with Gasteiger partial charge >= 0.3 is 0 Å². The lowest BCUT2D eigenvalue weighted by Crippen LogP contribution is -2.03. The molecule has 0 fully saturated rings. The Bertz CT molecular complexity index is 639. The first kappa shape index (κ1) is 14.6. The van der Waals surface area contributed by atoms with Crippen molar-refractivity contribution in [3.05, 3.63) is 67.7 Å². The molecule has 104 valence electrons. The molecule has 0 spiro atoms. The maximum atomic E-state index is 10.8. The van der Waals surface area contributed by atoms with Crippen molar-refractivity contribution in [3.8, 4) is 0 Å². The number of nitro benzene ring substituents is 1. The molecule has 0 radical (unpaired) electrons. The summed E-state index contributed by atoms with van der Waals surface area (Å²) in [5, 5.41) is 15.0. The molecule has 0 aliphatic rings. The first-order valence-electron chi connectivity index (χ1n) is 5.91. The van der Waals surface area contributed by atoms with E-state index in [1.807, 2.05) is 19.1 Å². The number of anilines is 1. The zero-order valence-electron chi connectivity index (χ0n) is 10.7. The van der Waals surface area contributed by atoms with Gasteiger partial charge in [-0.2, -0.15) is 0 Å². The van der Waals surface area contributed by atoms with Crippen LogP contribution < -0.4 is 5.32 Å². The molecular weight excluding hydrogens is 299 g/mol. The van der Waals surface area contributed by atoms with E-state index in [1.165, 1.54) is 18.2 Å². The van der Waals surface area contributed by atoms with E-state index < -0.39 is 4.92 Å². The first-order valence-corrected chi connectivity index (χ1v) is 6.66. The fourth-order valence-corrected chi connectivity index (χ4v) is 2.32. The zero-order chi connectivity index (χ0) is 14.7. The molecule has 0 unspecified atom stereocenters. The third-order valence-electron chi connectivity index (χ3n) is 2.92. The number of para-hydroxylation sites is 1. The third kappa shape index (κ3) is 3.21. The van der Waals surface area contributed by atoms with Gasteiger partial charge in [-0.3, -0.25) is 10.1 Å². The van der Waals surface area contributed by atoms with Crippen LogP contribution >= 0.6 is 23.2 Å². The van der Waals surface area contributed by atoms with E-state index in [4.69, 9.17) is 23.2 Å². The van der Waals surface area contributed by atoms with Gasteiger partial charge in [-0.1, -0.05) is 35.3 Å². The second-order valence-corrected chi connectivity index (χ2v) is 5.13. The summed E-state index contributed by atoms with van der Waals surface area (Å²) in [6, 6.07) is 9.95. The molecule has 0 bridgehead atoms. The predicted octanol–water partition coefficient (Wildman–Crippen LogP) is 4.82. The highest BCUT2D eigenvalue weighted by Gasteiger charge is 2.10. The van der Waals surface area contributed by atoms with Gasteiger partial charge in [0.25, 0.3) is 5.69 Å². The van der Waals surface area contributed by atoms with E-state index in [0.29, 0.717) is 22.2 Å². The first-order chi connectivity index (χ1) is 9.49. The van der Waals surface area contributed by atoms with Crippen LogP contribution in [-0.2, 0) is 6.54 Å². The van der Waals surface area contributed by atoms with E-state index in [0.717, 1.165) is 11.3 Å². The normalized spacial score (nSPS) is 10.3. The van der Waals surface area contributed by atoms with Crippen LogP contribution in [0.5, 0.6) is 0 Å². The van der Waals surface area contributed by atoms with Crippen LogP contribution in [0.3, 0.4) is 0 Å². The van der Waals surface area contributed by atoms with E-state index in [1.54, 1.807) is 6.07 Å². The number of hydrogen-bond acceptors (Lipinski definition) is 3. The molecule has 0 aliphatic heterocycles. The fourth-order valence-electron chi connectivity index (χ4n) is 1.85. The van der Waals surface area contributed by atoms with Crippen molar-refractivity contribution in [1.82, 2.24) is 0 Å². The van der Waals surface area contributed by atoms with Crippen molar-refractivity contribution < 1.29 is 4.92 Å². The molecule has 20 heavy (non-hydrogen) atoms. The van der Waals surface area contributed by atoms with Crippen molar-refractivity contribution in [2.75, 3.05) is 5.32 Å². The number of aryl methyl sites for hydroxylation is 1. The molecule has 0 saturated carbocycles. The van der Waals surface area contributed by atoms with Gasteiger partial charge in [-0.15, -0.1) is 0 Å². The number of rotatable bonds is 4. The molecule has 4 nitrogen and oxygen atoms in total. The fraction of sp³-hybridized carbons (Fsp3) is 0.143. The number of nitro groups is 1. The van der Waals surface area contributed by atoms with Crippen LogP contribution in [0, 0.1) is 17.0 Å². The van der Waals surface area contributed by atoms with Gasteiger partial charge in [-0.25, -0.2) is 0 Å². The highest BCUT2D eigenvalue weighted by molar-refractivity contribution is 6.33. The van der Waals surface area contributed by atoms with Gasteiger partial charge in [0.1, 0.15) is 0 Å². The summed E-state index contributed by atoms with van der Waals surface area (Å²) in [6.45, 7) is 2.30. The maximum Gasteiger partial charge on any atom is 0.269 e. The summed E-state index contributed by atoms with van der Waals surface area (Å²) in [4.78, 5) is 10.3. The van der Waals surface area contributed by atoms with Crippen LogP contribution in [0.2, 0.25) is 10.0 Å². The standard InChI is InChI=1S/C14H12Cl2N2O2/c1-9-3-2-4-13(16)14(9)17-8-10-7-11(18(19)20)5-6-12(10)15/h2-7,17H,8H2,1H3. The van der Waals surface area contributed by atoms with Gasteiger partial charge in [0.15, 0.2) is 0 Å². The van der Waals surface area contributed by atoms with Crippen molar-refractivity contribution in [3.63, 3.8) is 0 Å². The number of nitrogens with one attached hydrogen (secondary N) is 1. The van der Waals surface area contributed by atoms with Crippen LogP contribution in [0.4, 0.5) is 11.4 Å². The molecule has 6 heteroatoms. The second-order valence-electron chi connectivity index (χ2n) is 4.32. The lowest BCUT2D eigenvalue weighted by Gasteiger charge is -2.12. The number of benzene rings is 2. The number of hydrogen-bond donors (Lipinski definition) is 1. The minimum Gasteiger partial charge on any atom is -0.379 e. The summed E-state index contributed by atoms with van der Waals surface area (Å²) in [5.41, 5.74) is 2.47. The highest BCUT2D eigenvalue weighted by atomic mass is 35.5. The Morgan fingerprint density at radius 3 is 2.60 bits per heavy atom. The Hall–Kier alpha value is -1.78. The minimum absolute atomic E-state index is 0.0158. The van der Waals surface area contributed by atoms with Gasteiger partial charge in [-0.05, 0) is 30.2 Å². The van der Waals surface area contributed by atoms with Gasteiger partial charge in [0.2, 0.25) is 0 Å². The van der Waals surface area contributed by atoms with Crippen LogP contribution in [0.25, 0.3) is 0 Å². The van der Waals surface area contributed by atoms with Crippen LogP contribution in [0.15, 0.2) is 36.4 Å². The number of non-ortho nitro benzene ring substituents is 1. The monoisotopic (exact) mass is 310 g/mol. The van der Waals surface area contributed by atoms with Crippen molar-refractivity contribution in [2.45, 2.75) is 13.5 Å². The summed E-state index contributed by atoms with van der Waals surface area (Å²) in [5.74, 6) is 0. The third-order valence-corrected chi connectivity index (χ3v) is 3.60. The summed E-state index contributed by atoms with van der Waals surface area (Å²) in [6.07, 6.45) is 0. The van der Waals surface area contributed by atoms with Gasteiger partial charge in [0, 0.05) is 23.7 Å². The Kier molecular flexibility index (Phi) is 4.47. The van der Waals surface area contributed by atoms with E-state index in [-0.39, 0.29) is 5.69 Å². The molecule has 0 amide bonds. The van der Waals surface area contributed by atoms with Crippen LogP contribution in [0.1, 0.15) is 11.1 Å². The average Bonchev–Trinajstić information content (AvgIpc) is 2.39. The molecule has 2 aromatic carbocycles. The maximum absolute atomic E-state index is 10.8. The van der Waals surface area contributed by atoms with Crippen molar-refractivity contribution in [2.24, 2.45) is 0 Å². The molecule has 2 rings (SSSR count). The topological polar surface area (TPSA) is 55.2 Å². The largest absolute Gasteiger partial charge is 0.379 e. The predicted molar refractivity (Wildman–Crippen MR) is 81.6 cm³/mol. The second kappa shape index (κ2) is 6.11. The Balaban J connectivity index is 2.23. The smallest absolute Gasteiger partial charge is 0.269 e. The quantitative estimate of drug-likeness (QED) is 0.650. The SMILES string of the molecule is Cc1cccc(Cl)c1NCc1cc([N+](=O)[O-])ccc1Cl. The number of halogens is 2. The molecule has 2 aromatic rings. The Labute approximate surface area is 126 Å². The van der Waals surface area contributed by atoms with Crippen molar-refractivity contribution in [1.29, 1.82) is 0 Å². The molecule has 0 atom stereocenters. The minimum atomic E-state index is -0.444. The zero-order valence-corrected chi connectivity index (χ0v) is 12.2. The molecule has 0 saturated heterocycles. The molecule has 1 N–H and O–H groups in total. The molecule has 0 heterocycles. The molecular formula is C14H12Cl2N2O2. The van der Waals surface area contributed by atoms with E-state index >= 15 is 0 Å². The summed E-state index contributed by atoms with van der Waals surface area (Å²) < 4.78 is 0. The van der Waals surface area contributed by atoms with E-state index in [9.17, 15) is 10.1 Å².